The predicted molar refractivity (Wildman–Crippen MR) is 132 cm³/mol. The molecule has 0 bridgehead atoms. The van der Waals surface area contributed by atoms with Crippen molar-refractivity contribution in [3.8, 4) is 5.69 Å². The third-order valence-electron chi connectivity index (χ3n) is 5.97. The lowest BCUT2D eigenvalue weighted by molar-refractivity contribution is -0.122. The molecule has 9 heteroatoms. The fourth-order valence-corrected chi connectivity index (χ4v) is 4.29. The van der Waals surface area contributed by atoms with Crippen LogP contribution >= 0.6 is 11.6 Å². The van der Waals surface area contributed by atoms with Crippen molar-refractivity contribution in [2.75, 3.05) is 4.90 Å². The SMILES string of the molecule is Cc1ccc(N2C(=O)NC(=O)/C(=C/c3cc(C)n(-c4ccc(C(=O)O)cc4C)c3C)C2=O)cc1Cl. The minimum atomic E-state index is -1.01. The maximum absolute atomic E-state index is 13.2. The summed E-state index contributed by atoms with van der Waals surface area (Å²) in [7, 11) is 0. The molecule has 1 saturated heterocycles. The van der Waals surface area contributed by atoms with Crippen molar-refractivity contribution in [2.45, 2.75) is 27.7 Å². The number of hydrogen-bond donors (Lipinski definition) is 2. The number of urea groups is 1. The smallest absolute Gasteiger partial charge is 0.335 e. The molecule has 4 amide bonds. The minimum Gasteiger partial charge on any atom is -0.478 e. The number of barbiturate groups is 1. The predicted octanol–water partition coefficient (Wildman–Crippen LogP) is 4.73. The molecular formula is C26H22ClN3O5. The van der Waals surface area contributed by atoms with Gasteiger partial charge in [-0.1, -0.05) is 17.7 Å². The molecule has 178 valence electrons. The molecule has 8 nitrogen and oxygen atoms in total. The lowest BCUT2D eigenvalue weighted by Gasteiger charge is -2.26. The second-order valence-electron chi connectivity index (χ2n) is 8.36. The van der Waals surface area contributed by atoms with Gasteiger partial charge < -0.3 is 9.67 Å². The van der Waals surface area contributed by atoms with Crippen LogP contribution in [0.2, 0.25) is 5.02 Å². The number of halogens is 1. The highest BCUT2D eigenvalue weighted by Crippen LogP contribution is 2.29. The number of nitrogens with one attached hydrogen (secondary N) is 1. The van der Waals surface area contributed by atoms with Crippen molar-refractivity contribution in [3.05, 3.63) is 86.7 Å². The van der Waals surface area contributed by atoms with Crippen LogP contribution in [0.1, 0.15) is 38.4 Å². The zero-order valence-corrected chi connectivity index (χ0v) is 20.2. The Morgan fingerprint density at radius 2 is 1.69 bits per heavy atom. The summed E-state index contributed by atoms with van der Waals surface area (Å²) in [5.74, 6) is -2.56. The number of hydrogen-bond acceptors (Lipinski definition) is 4. The van der Waals surface area contributed by atoms with Crippen molar-refractivity contribution >= 4 is 47.2 Å². The summed E-state index contributed by atoms with van der Waals surface area (Å²) in [6, 6.07) is 10.6. The first-order valence-electron chi connectivity index (χ1n) is 10.7. The Morgan fingerprint density at radius 1 is 0.971 bits per heavy atom. The lowest BCUT2D eigenvalue weighted by Crippen LogP contribution is -2.54. The second kappa shape index (κ2) is 8.88. The van der Waals surface area contributed by atoms with Crippen molar-refractivity contribution < 1.29 is 24.3 Å². The Kier molecular flexibility index (Phi) is 6.08. The fourth-order valence-electron chi connectivity index (χ4n) is 4.11. The molecular weight excluding hydrogens is 470 g/mol. The maximum Gasteiger partial charge on any atom is 0.335 e. The molecule has 35 heavy (non-hydrogen) atoms. The number of rotatable bonds is 4. The van der Waals surface area contributed by atoms with E-state index in [1.54, 1.807) is 31.2 Å². The van der Waals surface area contributed by atoms with Gasteiger partial charge in [-0.2, -0.15) is 0 Å². The third-order valence-corrected chi connectivity index (χ3v) is 6.38. The van der Waals surface area contributed by atoms with Gasteiger partial charge in [-0.25, -0.2) is 14.5 Å². The highest BCUT2D eigenvalue weighted by Gasteiger charge is 2.37. The van der Waals surface area contributed by atoms with Crippen LogP contribution in [0.3, 0.4) is 0 Å². The number of nitrogens with zero attached hydrogens (tertiary/aromatic N) is 2. The number of aromatic carboxylic acids is 1. The summed E-state index contributed by atoms with van der Waals surface area (Å²) in [5.41, 5.74) is 4.73. The number of amides is 4. The number of benzene rings is 2. The Balaban J connectivity index is 1.77. The van der Waals surface area contributed by atoms with Crippen LogP contribution in [0.5, 0.6) is 0 Å². The van der Waals surface area contributed by atoms with Gasteiger partial charge in [0, 0.05) is 22.1 Å². The van der Waals surface area contributed by atoms with E-state index in [2.05, 4.69) is 5.32 Å². The lowest BCUT2D eigenvalue weighted by atomic mass is 10.1. The second-order valence-corrected chi connectivity index (χ2v) is 8.77. The zero-order chi connectivity index (χ0) is 25.6. The molecule has 4 rings (SSSR count). The van der Waals surface area contributed by atoms with Crippen LogP contribution in [-0.4, -0.2) is 33.5 Å². The summed E-state index contributed by atoms with van der Waals surface area (Å²) in [6.07, 6.45) is 1.45. The monoisotopic (exact) mass is 491 g/mol. The van der Waals surface area contributed by atoms with Crippen LogP contribution in [0.4, 0.5) is 10.5 Å². The van der Waals surface area contributed by atoms with E-state index in [-0.39, 0.29) is 16.8 Å². The number of carboxylic acid groups (broad SMARTS) is 1. The molecule has 1 aliphatic heterocycles. The number of carbonyl (C=O) groups is 4. The van der Waals surface area contributed by atoms with E-state index in [9.17, 15) is 24.3 Å². The summed E-state index contributed by atoms with van der Waals surface area (Å²) in [6.45, 7) is 7.31. The number of carbonyl (C=O) groups excluding carboxylic acids is 3. The van der Waals surface area contributed by atoms with Gasteiger partial charge in [0.05, 0.1) is 11.3 Å². The van der Waals surface area contributed by atoms with Crippen molar-refractivity contribution in [2.24, 2.45) is 0 Å². The van der Waals surface area contributed by atoms with Gasteiger partial charge in [0.25, 0.3) is 11.8 Å². The molecule has 2 N–H and O–H groups in total. The van der Waals surface area contributed by atoms with E-state index in [0.717, 1.165) is 33.1 Å². The Morgan fingerprint density at radius 3 is 2.31 bits per heavy atom. The van der Waals surface area contributed by atoms with Crippen LogP contribution in [-0.2, 0) is 9.59 Å². The van der Waals surface area contributed by atoms with E-state index >= 15 is 0 Å². The summed E-state index contributed by atoms with van der Waals surface area (Å²) in [5, 5.41) is 11.8. The number of carboxylic acids is 1. The molecule has 1 fully saturated rings. The van der Waals surface area contributed by atoms with Crippen LogP contribution in [0.15, 0.2) is 48.0 Å². The first kappa shape index (κ1) is 24.0. The number of imide groups is 2. The van der Waals surface area contributed by atoms with Crippen LogP contribution < -0.4 is 10.2 Å². The Hall–Kier alpha value is -4.17. The molecule has 0 unspecified atom stereocenters. The number of aromatic nitrogens is 1. The van der Waals surface area contributed by atoms with Gasteiger partial charge in [-0.15, -0.1) is 0 Å². The molecule has 0 spiro atoms. The fraction of sp³-hybridized carbons (Fsp3) is 0.154. The largest absolute Gasteiger partial charge is 0.478 e. The molecule has 0 atom stereocenters. The van der Waals surface area contributed by atoms with E-state index < -0.39 is 23.8 Å². The first-order valence-corrected chi connectivity index (χ1v) is 11.1. The molecule has 1 aliphatic rings. The highest BCUT2D eigenvalue weighted by molar-refractivity contribution is 6.39. The quantitative estimate of drug-likeness (QED) is 0.405. The normalized spacial score (nSPS) is 15.1. The number of aryl methyl sites for hydroxylation is 3. The molecule has 0 aliphatic carbocycles. The molecule has 2 aromatic carbocycles. The number of anilines is 1. The van der Waals surface area contributed by atoms with E-state index in [0.29, 0.717) is 10.6 Å². The Bertz CT molecular complexity index is 1470. The van der Waals surface area contributed by atoms with Crippen molar-refractivity contribution in [1.82, 2.24) is 9.88 Å². The van der Waals surface area contributed by atoms with Gasteiger partial charge in [0.2, 0.25) is 0 Å². The minimum absolute atomic E-state index is 0.182. The molecule has 2 heterocycles. The van der Waals surface area contributed by atoms with E-state index in [1.165, 1.54) is 18.2 Å². The summed E-state index contributed by atoms with van der Waals surface area (Å²) >= 11 is 6.18. The van der Waals surface area contributed by atoms with Crippen molar-refractivity contribution in [3.63, 3.8) is 0 Å². The van der Waals surface area contributed by atoms with Gasteiger partial charge in [0.1, 0.15) is 5.57 Å². The Labute approximate surface area is 206 Å². The van der Waals surface area contributed by atoms with Gasteiger partial charge >= 0.3 is 12.0 Å². The average molecular weight is 492 g/mol. The highest BCUT2D eigenvalue weighted by atomic mass is 35.5. The molecule has 1 aromatic heterocycles. The first-order chi connectivity index (χ1) is 16.5. The van der Waals surface area contributed by atoms with Crippen LogP contribution in [0.25, 0.3) is 11.8 Å². The van der Waals surface area contributed by atoms with Gasteiger partial charge in [-0.05, 0) is 86.9 Å². The molecule has 0 saturated carbocycles. The topological polar surface area (TPSA) is 109 Å². The standard InChI is InChI=1S/C26H22ClN3O5/c1-13-5-7-19(12-21(13)27)30-24(32)20(23(31)28-26(30)35)11-18-10-15(3)29(16(18)4)22-8-6-17(25(33)34)9-14(22)2/h5-12H,1-4H3,(H,33,34)(H,28,31,35)/b20-11-. The average Bonchev–Trinajstić information content (AvgIpc) is 3.06. The maximum atomic E-state index is 13.2. The van der Waals surface area contributed by atoms with E-state index in [4.69, 9.17) is 11.6 Å². The zero-order valence-electron chi connectivity index (χ0n) is 19.5. The summed E-state index contributed by atoms with van der Waals surface area (Å²) in [4.78, 5) is 50.5. The third kappa shape index (κ3) is 4.24. The molecule has 3 aromatic rings. The van der Waals surface area contributed by atoms with E-state index in [1.807, 2.05) is 31.4 Å². The molecule has 0 radical (unpaired) electrons. The van der Waals surface area contributed by atoms with Gasteiger partial charge in [-0.3, -0.25) is 14.9 Å². The van der Waals surface area contributed by atoms with Gasteiger partial charge in [0.15, 0.2) is 0 Å². The summed E-state index contributed by atoms with van der Waals surface area (Å²) < 4.78 is 1.92. The van der Waals surface area contributed by atoms with Crippen molar-refractivity contribution in [1.29, 1.82) is 0 Å². The van der Waals surface area contributed by atoms with Crippen LogP contribution in [0, 0.1) is 27.7 Å².